The largest absolute Gasteiger partial charge is 0.467 e. The van der Waals surface area contributed by atoms with E-state index in [4.69, 9.17) is 16.3 Å². The van der Waals surface area contributed by atoms with Gasteiger partial charge in [-0.25, -0.2) is 9.97 Å². The predicted molar refractivity (Wildman–Crippen MR) is 110 cm³/mol. The number of nitrogens with one attached hydrogen (secondary N) is 1. The lowest BCUT2D eigenvalue weighted by Gasteiger charge is -2.21. The molecule has 0 saturated carbocycles. The van der Waals surface area contributed by atoms with Gasteiger partial charge in [0.05, 0.1) is 17.4 Å². The molecule has 170 valence electrons. The summed E-state index contributed by atoms with van der Waals surface area (Å²) >= 11 is 6.01. The number of rotatable bonds is 6. The van der Waals surface area contributed by atoms with E-state index in [1.165, 1.54) is 12.3 Å². The number of anilines is 1. The Morgan fingerprint density at radius 2 is 2.09 bits per heavy atom. The smallest absolute Gasteiger partial charge is 0.422 e. The van der Waals surface area contributed by atoms with E-state index in [1.54, 1.807) is 23.1 Å². The van der Waals surface area contributed by atoms with Crippen LogP contribution in [0.3, 0.4) is 0 Å². The van der Waals surface area contributed by atoms with Gasteiger partial charge in [0, 0.05) is 37.7 Å². The molecule has 3 aromatic heterocycles. The first-order chi connectivity index (χ1) is 15.3. The van der Waals surface area contributed by atoms with Gasteiger partial charge in [-0.15, -0.1) is 0 Å². The van der Waals surface area contributed by atoms with Gasteiger partial charge in [-0.05, 0) is 30.5 Å². The number of aromatic nitrogens is 4. The molecule has 0 radical (unpaired) electrons. The first kappa shape index (κ1) is 22.3. The van der Waals surface area contributed by atoms with Crippen LogP contribution >= 0.6 is 11.6 Å². The number of hydrogen-bond donors (Lipinski definition) is 1. The summed E-state index contributed by atoms with van der Waals surface area (Å²) < 4.78 is 48.5. The van der Waals surface area contributed by atoms with Gasteiger partial charge in [-0.3, -0.25) is 9.48 Å². The van der Waals surface area contributed by atoms with E-state index in [-0.39, 0.29) is 29.3 Å². The number of amides is 1. The van der Waals surface area contributed by atoms with Crippen molar-refractivity contribution in [1.82, 2.24) is 19.7 Å². The summed E-state index contributed by atoms with van der Waals surface area (Å²) in [6.07, 6.45) is 1.50. The van der Waals surface area contributed by atoms with Crippen molar-refractivity contribution in [3.05, 3.63) is 41.3 Å². The van der Waals surface area contributed by atoms with Crippen LogP contribution in [0.4, 0.5) is 19.0 Å². The van der Waals surface area contributed by atoms with Crippen LogP contribution in [0.2, 0.25) is 5.02 Å². The monoisotopic (exact) mass is 469 g/mol. The van der Waals surface area contributed by atoms with Crippen LogP contribution in [0, 0.1) is 5.92 Å². The Kier molecular flexibility index (Phi) is 6.47. The lowest BCUT2D eigenvalue weighted by Crippen LogP contribution is -2.28. The summed E-state index contributed by atoms with van der Waals surface area (Å²) in [4.78, 5) is 20.7. The highest BCUT2D eigenvalue weighted by Crippen LogP contribution is 2.26. The second-order valence-electron chi connectivity index (χ2n) is 7.33. The quantitative estimate of drug-likeness (QED) is 0.590. The predicted octanol–water partition coefficient (Wildman–Crippen LogP) is 3.83. The maximum absolute atomic E-state index is 12.6. The van der Waals surface area contributed by atoms with E-state index in [9.17, 15) is 18.0 Å². The van der Waals surface area contributed by atoms with Gasteiger partial charge in [-0.2, -0.15) is 18.3 Å². The second kappa shape index (κ2) is 9.29. The SMILES string of the molecule is O=C(Nc1nccc2nn(Cc3cnc(OCC(F)(F)F)c(Cl)c3)cc12)C1CCOCC1. The van der Waals surface area contributed by atoms with Gasteiger partial charge in [0.15, 0.2) is 6.61 Å². The molecule has 0 aromatic carbocycles. The van der Waals surface area contributed by atoms with Crippen LogP contribution in [0.1, 0.15) is 18.4 Å². The molecule has 0 aliphatic carbocycles. The molecule has 32 heavy (non-hydrogen) atoms. The highest BCUT2D eigenvalue weighted by molar-refractivity contribution is 6.31. The third kappa shape index (κ3) is 5.46. The fraction of sp³-hybridized carbons (Fsp3) is 0.400. The topological polar surface area (TPSA) is 91.2 Å². The van der Waals surface area contributed by atoms with Gasteiger partial charge in [0.2, 0.25) is 11.8 Å². The number of pyridine rings is 2. The average Bonchev–Trinajstić information content (AvgIpc) is 3.16. The summed E-state index contributed by atoms with van der Waals surface area (Å²) in [6, 6.07) is 3.19. The molecule has 1 saturated heterocycles. The number of hydrogen-bond acceptors (Lipinski definition) is 6. The van der Waals surface area contributed by atoms with Crippen LogP contribution in [-0.4, -0.2) is 51.7 Å². The minimum atomic E-state index is -4.48. The van der Waals surface area contributed by atoms with Gasteiger partial charge >= 0.3 is 6.18 Å². The number of alkyl halides is 3. The molecule has 0 spiro atoms. The Bertz CT molecular complexity index is 1120. The Labute approximate surface area is 185 Å². The van der Waals surface area contributed by atoms with E-state index in [1.807, 2.05) is 0 Å². The zero-order valence-corrected chi connectivity index (χ0v) is 17.5. The molecule has 1 fully saturated rings. The van der Waals surface area contributed by atoms with Gasteiger partial charge < -0.3 is 14.8 Å². The Morgan fingerprint density at radius 3 is 2.81 bits per heavy atom. The van der Waals surface area contributed by atoms with Crippen molar-refractivity contribution >= 4 is 34.2 Å². The number of nitrogens with zero attached hydrogens (tertiary/aromatic N) is 4. The Hall–Kier alpha value is -2.92. The fourth-order valence-electron chi connectivity index (χ4n) is 3.35. The number of carbonyl (C=O) groups excluding carboxylic acids is 1. The number of ether oxygens (including phenoxy) is 2. The first-order valence-electron chi connectivity index (χ1n) is 9.83. The molecule has 4 heterocycles. The molecule has 1 aliphatic heterocycles. The summed E-state index contributed by atoms with van der Waals surface area (Å²) in [5.74, 6) is -0.105. The number of carbonyl (C=O) groups is 1. The van der Waals surface area contributed by atoms with Crippen LogP contribution in [0.5, 0.6) is 5.88 Å². The van der Waals surface area contributed by atoms with Crippen molar-refractivity contribution in [2.24, 2.45) is 5.92 Å². The number of halogens is 4. The van der Waals surface area contributed by atoms with Crippen molar-refractivity contribution < 1.29 is 27.4 Å². The van der Waals surface area contributed by atoms with Crippen molar-refractivity contribution in [3.63, 3.8) is 0 Å². The third-order valence-corrected chi connectivity index (χ3v) is 5.17. The van der Waals surface area contributed by atoms with Crippen molar-refractivity contribution in [1.29, 1.82) is 0 Å². The van der Waals surface area contributed by atoms with E-state index in [0.717, 1.165) is 0 Å². The molecule has 0 unspecified atom stereocenters. The minimum absolute atomic E-state index is 0.0328. The lowest BCUT2D eigenvalue weighted by atomic mass is 9.99. The van der Waals surface area contributed by atoms with E-state index in [2.05, 4.69) is 25.1 Å². The fourth-order valence-corrected chi connectivity index (χ4v) is 3.59. The van der Waals surface area contributed by atoms with Crippen LogP contribution < -0.4 is 10.1 Å². The average molecular weight is 470 g/mol. The third-order valence-electron chi connectivity index (χ3n) is 4.90. The molecule has 1 aliphatic rings. The van der Waals surface area contributed by atoms with Crippen LogP contribution in [0.25, 0.3) is 10.9 Å². The highest BCUT2D eigenvalue weighted by Gasteiger charge is 2.29. The van der Waals surface area contributed by atoms with E-state index in [0.29, 0.717) is 48.3 Å². The number of fused-ring (bicyclic) bond motifs is 1. The molecule has 0 bridgehead atoms. The molecule has 8 nitrogen and oxygen atoms in total. The second-order valence-corrected chi connectivity index (χ2v) is 7.74. The molecule has 1 N–H and O–H groups in total. The summed E-state index contributed by atoms with van der Waals surface area (Å²) in [7, 11) is 0. The van der Waals surface area contributed by atoms with Gasteiger partial charge in [-0.1, -0.05) is 11.6 Å². The van der Waals surface area contributed by atoms with E-state index < -0.39 is 12.8 Å². The van der Waals surface area contributed by atoms with Crippen LogP contribution in [0.15, 0.2) is 30.7 Å². The summed E-state index contributed by atoms with van der Waals surface area (Å²) in [6.45, 7) is -0.0954. The van der Waals surface area contributed by atoms with Crippen molar-refractivity contribution in [2.75, 3.05) is 25.1 Å². The molecule has 0 atom stereocenters. The molecule has 3 aromatic rings. The highest BCUT2D eigenvalue weighted by atomic mass is 35.5. The van der Waals surface area contributed by atoms with Crippen molar-refractivity contribution in [2.45, 2.75) is 25.6 Å². The summed E-state index contributed by atoms with van der Waals surface area (Å²) in [5.41, 5.74) is 1.24. The van der Waals surface area contributed by atoms with Gasteiger partial charge in [0.1, 0.15) is 10.8 Å². The molecular weight excluding hydrogens is 451 g/mol. The first-order valence-corrected chi connectivity index (χ1v) is 10.2. The van der Waals surface area contributed by atoms with Gasteiger partial charge in [0.25, 0.3) is 0 Å². The zero-order valence-electron chi connectivity index (χ0n) is 16.7. The molecule has 12 heteroatoms. The maximum Gasteiger partial charge on any atom is 0.422 e. The van der Waals surface area contributed by atoms with Crippen LogP contribution in [-0.2, 0) is 16.1 Å². The standard InChI is InChI=1S/C20H19ClF3N5O3/c21-15-7-12(8-26-19(15)32-11-20(22,23)24)9-29-10-14-16(28-29)1-4-25-17(14)27-18(30)13-2-5-31-6-3-13/h1,4,7-8,10,13H,2-3,5-6,9,11H2,(H,25,27,30). The zero-order chi connectivity index (χ0) is 22.7. The Morgan fingerprint density at radius 1 is 1.31 bits per heavy atom. The molecular formula is C20H19ClF3N5O3. The lowest BCUT2D eigenvalue weighted by molar-refractivity contribution is -0.154. The van der Waals surface area contributed by atoms with E-state index >= 15 is 0 Å². The molecule has 4 rings (SSSR count). The Balaban J connectivity index is 1.48. The van der Waals surface area contributed by atoms with Crippen molar-refractivity contribution in [3.8, 4) is 5.88 Å². The molecule has 1 amide bonds. The normalized spacial score (nSPS) is 15.1. The summed E-state index contributed by atoms with van der Waals surface area (Å²) in [5, 5.41) is 7.97. The maximum atomic E-state index is 12.6. The minimum Gasteiger partial charge on any atom is -0.467 e.